The van der Waals surface area contributed by atoms with E-state index in [4.69, 9.17) is 0 Å². The molecule has 16 heavy (non-hydrogen) atoms. The van der Waals surface area contributed by atoms with Gasteiger partial charge in [0, 0.05) is 13.1 Å². The van der Waals surface area contributed by atoms with Crippen molar-refractivity contribution in [3.8, 4) is 0 Å². The van der Waals surface area contributed by atoms with Gasteiger partial charge in [-0.15, -0.1) is 0 Å². The smallest absolute Gasteiger partial charge is 0.0719 e. The molecule has 0 bridgehead atoms. The quantitative estimate of drug-likeness (QED) is 0.593. The Labute approximate surface area is 101 Å². The van der Waals surface area contributed by atoms with Gasteiger partial charge in [0.05, 0.1) is 6.17 Å². The number of nitrogens with zero attached hydrogens (tertiary/aromatic N) is 1. The minimum Gasteiger partial charge on any atom is -0.301 e. The number of unbranched alkanes of at least 4 members (excludes halogenated alkanes) is 4. The molecule has 0 amide bonds. The van der Waals surface area contributed by atoms with Crippen molar-refractivity contribution in [3.05, 3.63) is 0 Å². The maximum Gasteiger partial charge on any atom is 0.0719 e. The third kappa shape index (κ3) is 5.83. The molecule has 1 heterocycles. The molecule has 2 N–H and O–H groups in total. The minimum absolute atomic E-state index is 0.526. The van der Waals surface area contributed by atoms with Gasteiger partial charge in [-0.3, -0.25) is 0 Å². The molecule has 1 atom stereocenters. The van der Waals surface area contributed by atoms with Crippen LogP contribution in [0, 0.1) is 0 Å². The highest BCUT2D eigenvalue weighted by atomic mass is 15.6. The number of rotatable bonds is 9. The lowest BCUT2D eigenvalue weighted by Gasteiger charge is -2.18. The molecular formula is C13H29N3. The lowest BCUT2D eigenvalue weighted by Crippen LogP contribution is -2.43. The van der Waals surface area contributed by atoms with Gasteiger partial charge in [-0.05, 0) is 25.8 Å². The number of hydrogen-bond donors (Lipinski definition) is 2. The zero-order valence-corrected chi connectivity index (χ0v) is 11.1. The molecule has 0 saturated carbocycles. The van der Waals surface area contributed by atoms with Gasteiger partial charge in [0.2, 0.25) is 0 Å². The van der Waals surface area contributed by atoms with Crippen molar-refractivity contribution in [2.45, 2.75) is 65.0 Å². The SMILES string of the molecule is CCCCCNC1CCN(CCCCC)N1. The normalized spacial score (nSPS) is 21.8. The van der Waals surface area contributed by atoms with Gasteiger partial charge >= 0.3 is 0 Å². The van der Waals surface area contributed by atoms with E-state index >= 15 is 0 Å². The first-order chi connectivity index (χ1) is 7.86. The molecular weight excluding hydrogens is 198 g/mol. The summed E-state index contributed by atoms with van der Waals surface area (Å²) in [6, 6.07) is 0. The Kier molecular flexibility index (Phi) is 7.81. The van der Waals surface area contributed by atoms with E-state index in [1.54, 1.807) is 0 Å². The van der Waals surface area contributed by atoms with Crippen molar-refractivity contribution in [3.63, 3.8) is 0 Å². The average Bonchev–Trinajstić information content (AvgIpc) is 2.73. The zero-order valence-electron chi connectivity index (χ0n) is 11.1. The van der Waals surface area contributed by atoms with E-state index in [-0.39, 0.29) is 0 Å². The van der Waals surface area contributed by atoms with Gasteiger partial charge in [-0.2, -0.15) is 0 Å². The second kappa shape index (κ2) is 8.97. The van der Waals surface area contributed by atoms with Crippen LogP contribution < -0.4 is 10.7 Å². The Morgan fingerprint density at radius 1 is 1.12 bits per heavy atom. The summed E-state index contributed by atoms with van der Waals surface area (Å²) < 4.78 is 0. The molecule has 1 aliphatic rings. The summed E-state index contributed by atoms with van der Waals surface area (Å²) >= 11 is 0. The molecule has 1 fully saturated rings. The second-order valence-corrected chi connectivity index (χ2v) is 4.83. The van der Waals surface area contributed by atoms with E-state index in [1.165, 1.54) is 58.0 Å². The number of hydrogen-bond acceptors (Lipinski definition) is 3. The molecule has 0 radical (unpaired) electrons. The minimum atomic E-state index is 0.526. The third-order valence-corrected chi connectivity index (χ3v) is 3.23. The molecule has 3 heteroatoms. The van der Waals surface area contributed by atoms with Crippen LogP contribution in [0.25, 0.3) is 0 Å². The molecule has 0 aromatic rings. The van der Waals surface area contributed by atoms with Crippen molar-refractivity contribution < 1.29 is 0 Å². The summed E-state index contributed by atoms with van der Waals surface area (Å²) in [5, 5.41) is 5.97. The molecule has 1 aliphatic heterocycles. The first-order valence-electron chi connectivity index (χ1n) is 7.11. The lowest BCUT2D eigenvalue weighted by atomic mass is 10.2. The molecule has 0 aromatic carbocycles. The Morgan fingerprint density at radius 2 is 1.88 bits per heavy atom. The average molecular weight is 227 g/mol. The third-order valence-electron chi connectivity index (χ3n) is 3.23. The molecule has 96 valence electrons. The fourth-order valence-corrected chi connectivity index (χ4v) is 2.16. The molecule has 1 saturated heterocycles. The van der Waals surface area contributed by atoms with Crippen LogP contribution in [0.2, 0.25) is 0 Å². The van der Waals surface area contributed by atoms with Gasteiger partial charge in [0.25, 0.3) is 0 Å². The highest BCUT2D eigenvalue weighted by Crippen LogP contribution is 2.05. The van der Waals surface area contributed by atoms with Crippen molar-refractivity contribution >= 4 is 0 Å². The van der Waals surface area contributed by atoms with E-state index in [9.17, 15) is 0 Å². The van der Waals surface area contributed by atoms with Crippen LogP contribution >= 0.6 is 0 Å². The van der Waals surface area contributed by atoms with Gasteiger partial charge in [0.15, 0.2) is 0 Å². The van der Waals surface area contributed by atoms with Crippen LogP contribution in [0.1, 0.15) is 58.8 Å². The topological polar surface area (TPSA) is 27.3 Å². The monoisotopic (exact) mass is 227 g/mol. The molecule has 0 aliphatic carbocycles. The number of nitrogens with one attached hydrogen (secondary N) is 2. The van der Waals surface area contributed by atoms with E-state index < -0.39 is 0 Å². The van der Waals surface area contributed by atoms with E-state index in [0.717, 1.165) is 6.54 Å². The summed E-state index contributed by atoms with van der Waals surface area (Å²) in [5.74, 6) is 0. The maximum absolute atomic E-state index is 3.58. The van der Waals surface area contributed by atoms with Crippen molar-refractivity contribution in [2.24, 2.45) is 0 Å². The Bertz CT molecular complexity index is 161. The highest BCUT2D eigenvalue weighted by Gasteiger charge is 2.19. The van der Waals surface area contributed by atoms with Gasteiger partial charge < -0.3 is 5.32 Å². The van der Waals surface area contributed by atoms with Crippen molar-refractivity contribution in [2.75, 3.05) is 19.6 Å². The van der Waals surface area contributed by atoms with Crippen LogP contribution in [0.4, 0.5) is 0 Å². The number of hydrazine groups is 1. The van der Waals surface area contributed by atoms with Crippen molar-refractivity contribution in [1.82, 2.24) is 15.8 Å². The fraction of sp³-hybridized carbons (Fsp3) is 1.00. The molecule has 1 rings (SSSR count). The van der Waals surface area contributed by atoms with Crippen LogP contribution in [0.15, 0.2) is 0 Å². The summed E-state index contributed by atoms with van der Waals surface area (Å²) in [4.78, 5) is 0. The molecule has 0 spiro atoms. The lowest BCUT2D eigenvalue weighted by molar-refractivity contribution is 0.220. The largest absolute Gasteiger partial charge is 0.301 e. The van der Waals surface area contributed by atoms with Crippen LogP contribution in [0.5, 0.6) is 0 Å². The second-order valence-electron chi connectivity index (χ2n) is 4.83. The van der Waals surface area contributed by atoms with E-state index in [0.29, 0.717) is 6.17 Å². The highest BCUT2D eigenvalue weighted by molar-refractivity contribution is 4.72. The first kappa shape index (κ1) is 13.9. The fourth-order valence-electron chi connectivity index (χ4n) is 2.16. The van der Waals surface area contributed by atoms with Gasteiger partial charge in [0.1, 0.15) is 0 Å². The van der Waals surface area contributed by atoms with E-state index in [2.05, 4.69) is 29.6 Å². The van der Waals surface area contributed by atoms with Gasteiger partial charge in [-0.1, -0.05) is 39.5 Å². The Hall–Kier alpha value is -0.120. The van der Waals surface area contributed by atoms with Gasteiger partial charge in [-0.25, -0.2) is 10.4 Å². The summed E-state index contributed by atoms with van der Waals surface area (Å²) in [7, 11) is 0. The molecule has 0 aromatic heterocycles. The summed E-state index contributed by atoms with van der Waals surface area (Å²) in [6.07, 6.45) is 9.73. The maximum atomic E-state index is 3.58. The van der Waals surface area contributed by atoms with Crippen molar-refractivity contribution in [1.29, 1.82) is 0 Å². The van der Waals surface area contributed by atoms with Crippen LogP contribution in [0.3, 0.4) is 0 Å². The summed E-state index contributed by atoms with van der Waals surface area (Å²) in [6.45, 7) is 8.09. The molecule has 3 nitrogen and oxygen atoms in total. The molecule has 1 unspecified atom stereocenters. The Morgan fingerprint density at radius 3 is 2.62 bits per heavy atom. The standard InChI is InChI=1S/C13H29N3/c1-3-5-7-10-14-13-9-12-16(15-13)11-8-6-4-2/h13-15H,3-12H2,1-2H3. The summed E-state index contributed by atoms with van der Waals surface area (Å²) in [5.41, 5.74) is 3.55. The van der Waals surface area contributed by atoms with Crippen LogP contribution in [-0.2, 0) is 0 Å². The predicted octanol–water partition coefficient (Wildman–Crippen LogP) is 2.49. The zero-order chi connectivity index (χ0) is 11.6. The first-order valence-corrected chi connectivity index (χ1v) is 7.11. The van der Waals surface area contributed by atoms with E-state index in [1.807, 2.05) is 0 Å². The predicted molar refractivity (Wildman–Crippen MR) is 70.2 cm³/mol. The van der Waals surface area contributed by atoms with Crippen LogP contribution in [-0.4, -0.2) is 30.8 Å². The Balaban J connectivity index is 1.97.